The Labute approximate surface area is 150 Å². The predicted molar refractivity (Wildman–Crippen MR) is 94.8 cm³/mol. The predicted octanol–water partition coefficient (Wildman–Crippen LogP) is 4.71. The number of aliphatic carboxylic acids is 2. The lowest BCUT2D eigenvalue weighted by molar-refractivity contribution is -0.138. The van der Waals surface area contributed by atoms with E-state index in [1.54, 1.807) is 24.3 Å². The Kier molecular flexibility index (Phi) is 8.90. The van der Waals surface area contributed by atoms with Crippen LogP contribution in [0.3, 0.4) is 0 Å². The smallest absolute Gasteiger partial charge is 0.303 e. The third-order valence-corrected chi connectivity index (χ3v) is 3.59. The number of hydrogen-bond donors (Lipinski definition) is 2. The molecule has 6 heteroatoms. The molecule has 0 aliphatic rings. The fraction of sp³-hybridized carbons (Fsp3) is 0.222. The molecule has 0 fully saturated rings. The summed E-state index contributed by atoms with van der Waals surface area (Å²) in [7, 11) is 0. The molecule has 0 aromatic heterocycles. The van der Waals surface area contributed by atoms with Crippen molar-refractivity contribution >= 4 is 35.1 Å². The number of carbonyl (C=O) groups is 2. The minimum Gasteiger partial charge on any atom is -0.481 e. The van der Waals surface area contributed by atoms with Crippen LogP contribution in [0.15, 0.2) is 48.5 Å². The van der Waals surface area contributed by atoms with Gasteiger partial charge in [0, 0.05) is 22.9 Å². The van der Waals surface area contributed by atoms with Gasteiger partial charge in [-0.2, -0.15) is 0 Å². The minimum absolute atomic E-state index is 0.168. The van der Waals surface area contributed by atoms with Crippen molar-refractivity contribution in [3.05, 3.63) is 69.7 Å². The molecule has 0 heterocycles. The summed E-state index contributed by atoms with van der Waals surface area (Å²) >= 11 is 11.3. The zero-order chi connectivity index (χ0) is 17.9. The van der Waals surface area contributed by atoms with Crippen molar-refractivity contribution in [3.8, 4) is 0 Å². The third-order valence-electron chi connectivity index (χ3n) is 3.08. The molecule has 128 valence electrons. The lowest BCUT2D eigenvalue weighted by Gasteiger charge is -1.97. The summed E-state index contributed by atoms with van der Waals surface area (Å²) in [5, 5.41) is 18.2. The highest BCUT2D eigenvalue weighted by molar-refractivity contribution is 6.30. The van der Waals surface area contributed by atoms with Gasteiger partial charge in [0.15, 0.2) is 0 Å². The maximum absolute atomic E-state index is 10.2. The van der Waals surface area contributed by atoms with Gasteiger partial charge in [0.1, 0.15) is 0 Å². The maximum Gasteiger partial charge on any atom is 0.303 e. The molecule has 2 rings (SSSR count). The summed E-state index contributed by atoms with van der Waals surface area (Å²) in [6, 6.07) is 14.4. The van der Waals surface area contributed by atoms with Gasteiger partial charge in [-0.25, -0.2) is 0 Å². The van der Waals surface area contributed by atoms with Crippen molar-refractivity contribution in [2.75, 3.05) is 0 Å². The number of hydrogen-bond acceptors (Lipinski definition) is 2. The molecule has 0 radical (unpaired) electrons. The van der Waals surface area contributed by atoms with E-state index in [2.05, 4.69) is 0 Å². The first kappa shape index (κ1) is 20.0. The van der Waals surface area contributed by atoms with Gasteiger partial charge in [-0.3, -0.25) is 9.59 Å². The number of aryl methyl sites for hydroxylation is 2. The van der Waals surface area contributed by atoms with Crippen LogP contribution >= 0.6 is 23.2 Å². The van der Waals surface area contributed by atoms with Crippen molar-refractivity contribution in [2.24, 2.45) is 0 Å². The second kappa shape index (κ2) is 10.7. The highest BCUT2D eigenvalue weighted by Crippen LogP contribution is 2.11. The van der Waals surface area contributed by atoms with Crippen molar-refractivity contribution in [3.63, 3.8) is 0 Å². The topological polar surface area (TPSA) is 74.6 Å². The first-order valence-corrected chi connectivity index (χ1v) is 8.05. The Morgan fingerprint density at radius 3 is 1.21 bits per heavy atom. The van der Waals surface area contributed by atoms with Crippen LogP contribution in [0.2, 0.25) is 10.0 Å². The molecule has 0 unspecified atom stereocenters. The lowest BCUT2D eigenvalue weighted by atomic mass is 10.1. The van der Waals surface area contributed by atoms with E-state index in [1.165, 1.54) is 0 Å². The van der Waals surface area contributed by atoms with E-state index in [9.17, 15) is 9.59 Å². The van der Waals surface area contributed by atoms with E-state index in [-0.39, 0.29) is 12.8 Å². The molecule has 0 aliphatic heterocycles. The van der Waals surface area contributed by atoms with Gasteiger partial charge in [0.25, 0.3) is 0 Å². The van der Waals surface area contributed by atoms with E-state index in [0.29, 0.717) is 22.9 Å². The second-order valence-corrected chi connectivity index (χ2v) is 5.91. The van der Waals surface area contributed by atoms with Gasteiger partial charge in [-0.1, -0.05) is 47.5 Å². The quantitative estimate of drug-likeness (QED) is 0.773. The molecule has 24 heavy (non-hydrogen) atoms. The zero-order valence-corrected chi connectivity index (χ0v) is 14.4. The van der Waals surface area contributed by atoms with Crippen molar-refractivity contribution in [1.29, 1.82) is 0 Å². The van der Waals surface area contributed by atoms with Gasteiger partial charge in [-0.15, -0.1) is 0 Å². The van der Waals surface area contributed by atoms with Crippen LogP contribution in [0.1, 0.15) is 24.0 Å². The molecule has 0 amide bonds. The summed E-state index contributed by atoms with van der Waals surface area (Å²) in [5.74, 6) is -1.55. The molecule has 0 aliphatic carbocycles. The van der Waals surface area contributed by atoms with Gasteiger partial charge in [-0.05, 0) is 48.2 Å². The van der Waals surface area contributed by atoms with Gasteiger partial charge in [0.05, 0.1) is 0 Å². The number of carboxylic acid groups (broad SMARTS) is 2. The lowest BCUT2D eigenvalue weighted by Crippen LogP contribution is -1.96. The van der Waals surface area contributed by atoms with E-state index in [0.717, 1.165) is 11.1 Å². The Bertz CT molecular complexity index is 592. The Hall–Kier alpha value is -2.04. The minimum atomic E-state index is -0.773. The fourth-order valence-electron chi connectivity index (χ4n) is 1.80. The molecule has 0 saturated heterocycles. The number of halogens is 2. The van der Waals surface area contributed by atoms with E-state index in [4.69, 9.17) is 33.4 Å². The average Bonchev–Trinajstić information content (AvgIpc) is 2.54. The van der Waals surface area contributed by atoms with E-state index < -0.39 is 11.9 Å². The molecule has 2 aromatic rings. The van der Waals surface area contributed by atoms with Gasteiger partial charge >= 0.3 is 11.9 Å². The molecular formula is C18H18Cl2O4. The summed E-state index contributed by atoms with van der Waals surface area (Å²) in [4.78, 5) is 20.4. The Balaban J connectivity index is 0.000000240. The van der Waals surface area contributed by atoms with Crippen LogP contribution in [0.5, 0.6) is 0 Å². The van der Waals surface area contributed by atoms with Crippen LogP contribution in [-0.4, -0.2) is 22.2 Å². The normalized spacial score (nSPS) is 9.75. The number of rotatable bonds is 6. The molecule has 0 spiro atoms. The van der Waals surface area contributed by atoms with Crippen molar-refractivity contribution in [2.45, 2.75) is 25.7 Å². The van der Waals surface area contributed by atoms with Crippen LogP contribution in [-0.2, 0) is 22.4 Å². The van der Waals surface area contributed by atoms with Crippen LogP contribution in [0.25, 0.3) is 0 Å². The number of carboxylic acids is 2. The molecule has 2 N–H and O–H groups in total. The summed E-state index contributed by atoms with van der Waals surface area (Å²) in [5.41, 5.74) is 2.00. The molecule has 0 atom stereocenters. The molecular weight excluding hydrogens is 351 g/mol. The largest absolute Gasteiger partial charge is 0.481 e. The van der Waals surface area contributed by atoms with Gasteiger partial charge < -0.3 is 10.2 Å². The van der Waals surface area contributed by atoms with Crippen LogP contribution in [0, 0.1) is 0 Å². The first-order chi connectivity index (χ1) is 11.4. The monoisotopic (exact) mass is 368 g/mol. The van der Waals surface area contributed by atoms with Gasteiger partial charge in [0.2, 0.25) is 0 Å². The van der Waals surface area contributed by atoms with Crippen LogP contribution < -0.4 is 0 Å². The average molecular weight is 369 g/mol. The van der Waals surface area contributed by atoms with E-state index in [1.807, 2.05) is 24.3 Å². The highest BCUT2D eigenvalue weighted by Gasteiger charge is 1.99. The summed E-state index contributed by atoms with van der Waals surface area (Å²) in [6.45, 7) is 0. The van der Waals surface area contributed by atoms with Crippen LogP contribution in [0.4, 0.5) is 0 Å². The maximum atomic E-state index is 10.2. The van der Waals surface area contributed by atoms with Crippen molar-refractivity contribution in [1.82, 2.24) is 0 Å². The zero-order valence-electron chi connectivity index (χ0n) is 12.9. The Morgan fingerprint density at radius 1 is 0.667 bits per heavy atom. The highest BCUT2D eigenvalue weighted by atomic mass is 35.5. The molecule has 4 nitrogen and oxygen atoms in total. The second-order valence-electron chi connectivity index (χ2n) is 5.04. The summed E-state index contributed by atoms with van der Waals surface area (Å²) in [6.07, 6.45) is 1.46. The number of benzene rings is 2. The molecule has 0 saturated carbocycles. The van der Waals surface area contributed by atoms with E-state index >= 15 is 0 Å². The Morgan fingerprint density at radius 2 is 0.958 bits per heavy atom. The summed E-state index contributed by atoms with van der Waals surface area (Å²) < 4.78 is 0. The molecule has 2 aromatic carbocycles. The SMILES string of the molecule is O=C(O)CCc1ccc(Cl)cc1.O=C(O)CCc1ccc(Cl)cc1. The standard InChI is InChI=1S/2C9H9ClO2/c2*10-8-4-1-7(2-5-8)3-6-9(11)12/h2*1-2,4-5H,3,6H2,(H,11,12). The fourth-order valence-corrected chi connectivity index (χ4v) is 2.06. The van der Waals surface area contributed by atoms with Crippen molar-refractivity contribution < 1.29 is 19.8 Å². The molecule has 0 bridgehead atoms. The first-order valence-electron chi connectivity index (χ1n) is 7.29. The third kappa shape index (κ3) is 9.18.